The maximum absolute atomic E-state index is 12.0. The van der Waals surface area contributed by atoms with Crippen molar-refractivity contribution in [2.75, 3.05) is 6.54 Å². The van der Waals surface area contributed by atoms with Crippen LogP contribution in [0.2, 0.25) is 0 Å². The summed E-state index contributed by atoms with van der Waals surface area (Å²) in [5.74, 6) is 1.23. The lowest BCUT2D eigenvalue weighted by atomic mass is 9.95. The Morgan fingerprint density at radius 1 is 1.36 bits per heavy atom. The molecule has 6 heteroatoms. The summed E-state index contributed by atoms with van der Waals surface area (Å²) in [7, 11) is 0. The highest BCUT2D eigenvalue weighted by molar-refractivity contribution is 5.74. The summed E-state index contributed by atoms with van der Waals surface area (Å²) < 4.78 is 5.10. The second-order valence-corrected chi connectivity index (χ2v) is 6.72. The summed E-state index contributed by atoms with van der Waals surface area (Å²) in [6.45, 7) is 11.7. The minimum Gasteiger partial charge on any atom is -0.388 e. The fraction of sp³-hybridized carbons (Fsp3) is 0.750. The molecule has 0 aliphatic rings. The zero-order valence-corrected chi connectivity index (χ0v) is 14.5. The lowest BCUT2D eigenvalue weighted by molar-refractivity contribution is 0.0476. The number of hydrogen-bond acceptors (Lipinski definition) is 4. The molecular weight excluding hydrogens is 282 g/mol. The fourth-order valence-corrected chi connectivity index (χ4v) is 2.39. The average molecular weight is 311 g/mol. The Bertz CT molecular complexity index is 475. The van der Waals surface area contributed by atoms with E-state index in [1.807, 2.05) is 20.8 Å². The second-order valence-electron chi connectivity index (χ2n) is 6.72. The predicted molar refractivity (Wildman–Crippen MR) is 85.6 cm³/mol. The first-order chi connectivity index (χ1) is 10.1. The van der Waals surface area contributed by atoms with Gasteiger partial charge in [-0.15, -0.1) is 0 Å². The van der Waals surface area contributed by atoms with Gasteiger partial charge in [0.25, 0.3) is 0 Å². The van der Waals surface area contributed by atoms with E-state index in [1.54, 1.807) is 6.92 Å². The maximum Gasteiger partial charge on any atom is 0.315 e. The highest BCUT2D eigenvalue weighted by atomic mass is 16.5. The number of rotatable bonds is 7. The van der Waals surface area contributed by atoms with Crippen molar-refractivity contribution < 1.29 is 14.4 Å². The zero-order chi connectivity index (χ0) is 16.9. The van der Waals surface area contributed by atoms with Gasteiger partial charge >= 0.3 is 6.03 Å². The minimum atomic E-state index is -0.895. The van der Waals surface area contributed by atoms with Crippen molar-refractivity contribution in [2.45, 2.75) is 66.0 Å². The van der Waals surface area contributed by atoms with Crippen LogP contribution in [-0.2, 0) is 0 Å². The van der Waals surface area contributed by atoms with Crippen LogP contribution >= 0.6 is 0 Å². The van der Waals surface area contributed by atoms with Gasteiger partial charge in [0.15, 0.2) is 0 Å². The number of carbonyl (C=O) groups excluding carboxylic acids is 1. The van der Waals surface area contributed by atoms with Crippen LogP contribution < -0.4 is 10.6 Å². The Morgan fingerprint density at radius 2 is 2.00 bits per heavy atom. The van der Waals surface area contributed by atoms with Crippen LogP contribution in [0.15, 0.2) is 4.52 Å². The lowest BCUT2D eigenvalue weighted by Gasteiger charge is -2.25. The molecule has 1 rings (SSSR count). The van der Waals surface area contributed by atoms with E-state index in [1.165, 1.54) is 0 Å². The molecule has 1 aromatic rings. The number of nitrogens with zero attached hydrogens (tertiary/aromatic N) is 1. The highest BCUT2D eigenvalue weighted by Crippen LogP contribution is 2.20. The summed E-state index contributed by atoms with van der Waals surface area (Å²) in [4.78, 5) is 12.0. The van der Waals surface area contributed by atoms with Crippen LogP contribution in [0, 0.1) is 19.8 Å². The third-order valence-electron chi connectivity index (χ3n) is 3.76. The van der Waals surface area contributed by atoms with Gasteiger partial charge in [-0.2, -0.15) is 0 Å². The van der Waals surface area contributed by atoms with Crippen LogP contribution in [0.5, 0.6) is 0 Å². The Kier molecular flexibility index (Phi) is 6.41. The molecule has 2 unspecified atom stereocenters. The van der Waals surface area contributed by atoms with Crippen molar-refractivity contribution in [1.29, 1.82) is 0 Å². The van der Waals surface area contributed by atoms with Crippen molar-refractivity contribution in [3.63, 3.8) is 0 Å². The minimum absolute atomic E-state index is 0.202. The van der Waals surface area contributed by atoms with Crippen molar-refractivity contribution in [3.8, 4) is 0 Å². The third kappa shape index (κ3) is 5.67. The van der Waals surface area contributed by atoms with Crippen LogP contribution in [0.25, 0.3) is 0 Å². The van der Waals surface area contributed by atoms with Gasteiger partial charge < -0.3 is 20.3 Å². The van der Waals surface area contributed by atoms with E-state index in [0.717, 1.165) is 17.7 Å². The molecule has 6 nitrogen and oxygen atoms in total. The molecule has 1 heterocycles. The molecule has 0 fully saturated rings. The highest BCUT2D eigenvalue weighted by Gasteiger charge is 2.23. The van der Waals surface area contributed by atoms with Crippen molar-refractivity contribution in [3.05, 3.63) is 17.0 Å². The van der Waals surface area contributed by atoms with Crippen molar-refractivity contribution >= 4 is 6.03 Å². The summed E-state index contributed by atoms with van der Waals surface area (Å²) >= 11 is 0. The standard InChI is InChI=1S/C16H29N3O3/c1-10(2)7-8-16(6,21)9-17-15(20)18-11(3)14-12(4)19-22-13(14)5/h10-11,21H,7-9H2,1-6H3,(H2,17,18,20). The number of aryl methyl sites for hydroxylation is 2. The summed E-state index contributed by atoms with van der Waals surface area (Å²) in [5.41, 5.74) is 0.768. The van der Waals surface area contributed by atoms with E-state index in [4.69, 9.17) is 4.52 Å². The summed E-state index contributed by atoms with van der Waals surface area (Å²) in [6.07, 6.45) is 1.58. The van der Waals surface area contributed by atoms with Gasteiger partial charge in [0.1, 0.15) is 5.76 Å². The number of aromatic nitrogens is 1. The van der Waals surface area contributed by atoms with Gasteiger partial charge in [-0.1, -0.05) is 19.0 Å². The molecule has 1 aromatic heterocycles. The van der Waals surface area contributed by atoms with E-state index >= 15 is 0 Å². The monoisotopic (exact) mass is 311 g/mol. The normalized spacial score (nSPS) is 15.5. The molecule has 0 aliphatic heterocycles. The number of carbonyl (C=O) groups is 1. The maximum atomic E-state index is 12.0. The third-order valence-corrected chi connectivity index (χ3v) is 3.76. The van der Waals surface area contributed by atoms with Gasteiger partial charge in [-0.3, -0.25) is 0 Å². The van der Waals surface area contributed by atoms with Gasteiger partial charge in [0.2, 0.25) is 0 Å². The molecule has 0 bridgehead atoms. The van der Waals surface area contributed by atoms with Crippen molar-refractivity contribution in [2.24, 2.45) is 5.92 Å². The van der Waals surface area contributed by atoms with Gasteiger partial charge in [0.05, 0.1) is 17.3 Å². The second kappa shape index (κ2) is 7.63. The molecule has 22 heavy (non-hydrogen) atoms. The quantitative estimate of drug-likeness (QED) is 0.722. The number of aliphatic hydroxyl groups is 1. The Morgan fingerprint density at radius 3 is 2.50 bits per heavy atom. The molecule has 126 valence electrons. The fourth-order valence-electron chi connectivity index (χ4n) is 2.39. The Labute approximate surface area is 132 Å². The summed E-state index contributed by atoms with van der Waals surface area (Å²) in [5, 5.41) is 19.7. The molecule has 0 spiro atoms. The van der Waals surface area contributed by atoms with E-state index in [2.05, 4.69) is 29.6 Å². The first-order valence-electron chi connectivity index (χ1n) is 7.82. The van der Waals surface area contributed by atoms with Crippen LogP contribution in [0.3, 0.4) is 0 Å². The summed E-state index contributed by atoms with van der Waals surface area (Å²) in [6, 6.07) is -0.510. The van der Waals surface area contributed by atoms with E-state index in [-0.39, 0.29) is 18.6 Å². The number of urea groups is 1. The molecule has 0 radical (unpaired) electrons. The lowest BCUT2D eigenvalue weighted by Crippen LogP contribution is -2.45. The van der Waals surface area contributed by atoms with Crippen LogP contribution in [-0.4, -0.2) is 28.4 Å². The predicted octanol–water partition coefficient (Wildman–Crippen LogP) is 2.84. The number of hydrogen-bond donors (Lipinski definition) is 3. The molecule has 0 aliphatic carbocycles. The Hall–Kier alpha value is -1.56. The smallest absolute Gasteiger partial charge is 0.315 e. The van der Waals surface area contributed by atoms with Crippen LogP contribution in [0.1, 0.15) is 63.6 Å². The van der Waals surface area contributed by atoms with Gasteiger partial charge in [-0.05, 0) is 46.5 Å². The molecule has 2 amide bonds. The van der Waals surface area contributed by atoms with E-state index in [0.29, 0.717) is 18.1 Å². The average Bonchev–Trinajstić information content (AvgIpc) is 2.74. The first kappa shape index (κ1) is 18.5. The van der Waals surface area contributed by atoms with E-state index in [9.17, 15) is 9.90 Å². The van der Waals surface area contributed by atoms with Crippen LogP contribution in [0.4, 0.5) is 4.79 Å². The molecule has 0 aromatic carbocycles. The number of amides is 2. The zero-order valence-electron chi connectivity index (χ0n) is 14.5. The largest absolute Gasteiger partial charge is 0.388 e. The molecule has 0 saturated heterocycles. The van der Waals surface area contributed by atoms with E-state index < -0.39 is 5.60 Å². The van der Waals surface area contributed by atoms with Gasteiger partial charge in [-0.25, -0.2) is 4.79 Å². The molecule has 2 atom stereocenters. The molecule has 0 saturated carbocycles. The molecular formula is C16H29N3O3. The Balaban J connectivity index is 2.46. The number of nitrogens with one attached hydrogen (secondary N) is 2. The molecule has 3 N–H and O–H groups in total. The van der Waals surface area contributed by atoms with Crippen molar-refractivity contribution in [1.82, 2.24) is 15.8 Å². The topological polar surface area (TPSA) is 87.4 Å². The first-order valence-corrected chi connectivity index (χ1v) is 7.82. The van der Waals surface area contributed by atoms with Gasteiger partial charge in [0, 0.05) is 12.1 Å². The SMILES string of the molecule is Cc1noc(C)c1C(C)NC(=O)NCC(C)(O)CCC(C)C.